The zero-order valence-electron chi connectivity index (χ0n) is 15.5. The average Bonchev–Trinajstić information content (AvgIpc) is 3.32. The van der Waals surface area contributed by atoms with Gasteiger partial charge < -0.3 is 9.63 Å². The normalized spacial score (nSPS) is 11.7. The Morgan fingerprint density at radius 2 is 1.84 bits per heavy atom. The van der Waals surface area contributed by atoms with Crippen LogP contribution in [0.4, 0.5) is 17.6 Å². The number of benzene rings is 2. The number of carbonyl (C=O) groups is 1. The fourth-order valence-corrected chi connectivity index (χ4v) is 3.63. The predicted molar refractivity (Wildman–Crippen MR) is 106 cm³/mol. The Kier molecular flexibility index (Phi) is 5.43. The number of carboxylic acids is 1. The molecule has 0 radical (unpaired) electrons. The van der Waals surface area contributed by atoms with Gasteiger partial charge in [-0.3, -0.25) is 0 Å². The van der Waals surface area contributed by atoms with Gasteiger partial charge in [0, 0.05) is 10.6 Å². The standard InChI is InChI=1S/C20H9Cl2F4N3O3/c21-9-4-5-12(14(22)6-9)16-15(19(30)31)17(32-28-16)13-8-27-29(18(13)20(24,25)26)11-3-1-2-10(23)7-11/h1-8H,(H,30,31). The van der Waals surface area contributed by atoms with Crippen molar-refractivity contribution in [2.45, 2.75) is 6.18 Å². The maximum atomic E-state index is 14.0. The highest BCUT2D eigenvalue weighted by Gasteiger charge is 2.42. The van der Waals surface area contributed by atoms with E-state index in [0.717, 1.165) is 18.3 Å². The first-order valence-corrected chi connectivity index (χ1v) is 9.43. The highest BCUT2D eigenvalue weighted by molar-refractivity contribution is 6.36. The van der Waals surface area contributed by atoms with Crippen LogP contribution in [0.25, 0.3) is 28.3 Å². The van der Waals surface area contributed by atoms with Crippen LogP contribution in [0, 0.1) is 5.82 Å². The Morgan fingerprint density at radius 3 is 2.47 bits per heavy atom. The van der Waals surface area contributed by atoms with Crippen LogP contribution in [0.15, 0.2) is 53.2 Å². The van der Waals surface area contributed by atoms with Crippen LogP contribution >= 0.6 is 23.2 Å². The topological polar surface area (TPSA) is 81.2 Å². The fourth-order valence-electron chi connectivity index (χ4n) is 3.13. The van der Waals surface area contributed by atoms with Gasteiger partial charge >= 0.3 is 12.1 Å². The summed E-state index contributed by atoms with van der Waals surface area (Å²) >= 11 is 12.0. The molecule has 0 aliphatic carbocycles. The summed E-state index contributed by atoms with van der Waals surface area (Å²) in [4.78, 5) is 12.0. The largest absolute Gasteiger partial charge is 0.477 e. The summed E-state index contributed by atoms with van der Waals surface area (Å²) in [6.07, 6.45) is -4.23. The van der Waals surface area contributed by atoms with E-state index in [1.807, 2.05) is 0 Å². The van der Waals surface area contributed by atoms with Gasteiger partial charge in [-0.1, -0.05) is 34.4 Å². The van der Waals surface area contributed by atoms with Gasteiger partial charge in [-0.15, -0.1) is 0 Å². The number of alkyl halides is 3. The number of nitrogens with zero attached hydrogens (tertiary/aromatic N) is 3. The minimum Gasteiger partial charge on any atom is -0.477 e. The van der Waals surface area contributed by atoms with Crippen molar-refractivity contribution in [2.24, 2.45) is 0 Å². The molecule has 0 atom stereocenters. The first kappa shape index (κ1) is 21.8. The van der Waals surface area contributed by atoms with E-state index >= 15 is 0 Å². The van der Waals surface area contributed by atoms with E-state index in [-0.39, 0.29) is 27.0 Å². The summed E-state index contributed by atoms with van der Waals surface area (Å²) in [7, 11) is 0. The first-order valence-electron chi connectivity index (χ1n) is 8.68. The lowest BCUT2D eigenvalue weighted by Crippen LogP contribution is -2.15. The molecule has 12 heteroatoms. The van der Waals surface area contributed by atoms with Crippen molar-refractivity contribution in [3.05, 3.63) is 75.8 Å². The van der Waals surface area contributed by atoms with Crippen LogP contribution < -0.4 is 0 Å². The van der Waals surface area contributed by atoms with Crippen molar-refractivity contribution < 1.29 is 32.0 Å². The molecule has 0 unspecified atom stereocenters. The van der Waals surface area contributed by atoms with Gasteiger partial charge in [0.1, 0.15) is 17.1 Å². The molecule has 0 spiro atoms. The van der Waals surface area contributed by atoms with Crippen LogP contribution in [0.1, 0.15) is 16.1 Å². The van der Waals surface area contributed by atoms with E-state index in [0.29, 0.717) is 4.68 Å². The molecular weight excluding hydrogens is 477 g/mol. The van der Waals surface area contributed by atoms with Crippen LogP contribution in [0.3, 0.4) is 0 Å². The fraction of sp³-hybridized carbons (Fsp3) is 0.0500. The summed E-state index contributed by atoms with van der Waals surface area (Å²) < 4.78 is 61.0. The molecule has 6 nitrogen and oxygen atoms in total. The van der Waals surface area contributed by atoms with Crippen LogP contribution in [0.2, 0.25) is 10.0 Å². The molecule has 164 valence electrons. The molecule has 4 aromatic rings. The molecule has 0 fully saturated rings. The summed E-state index contributed by atoms with van der Waals surface area (Å²) in [5, 5.41) is 17.3. The third-order valence-electron chi connectivity index (χ3n) is 4.43. The monoisotopic (exact) mass is 485 g/mol. The number of carboxylic acid groups (broad SMARTS) is 1. The van der Waals surface area contributed by atoms with E-state index in [1.54, 1.807) is 0 Å². The van der Waals surface area contributed by atoms with Crippen LogP contribution in [-0.4, -0.2) is 26.0 Å². The van der Waals surface area contributed by atoms with Gasteiger partial charge in [-0.25, -0.2) is 13.9 Å². The summed E-state index contributed by atoms with van der Waals surface area (Å²) in [6.45, 7) is 0. The molecule has 32 heavy (non-hydrogen) atoms. The van der Waals surface area contributed by atoms with E-state index in [9.17, 15) is 27.5 Å². The van der Waals surface area contributed by atoms with E-state index in [1.165, 1.54) is 30.3 Å². The van der Waals surface area contributed by atoms with Gasteiger partial charge in [0.05, 0.1) is 22.5 Å². The number of rotatable bonds is 4. The van der Waals surface area contributed by atoms with Gasteiger partial charge in [-0.2, -0.15) is 18.3 Å². The van der Waals surface area contributed by atoms with Crippen molar-refractivity contribution in [2.75, 3.05) is 0 Å². The Morgan fingerprint density at radius 1 is 1.09 bits per heavy atom. The van der Waals surface area contributed by atoms with Gasteiger partial charge in [0.15, 0.2) is 11.5 Å². The van der Waals surface area contributed by atoms with Crippen molar-refractivity contribution in [3.8, 4) is 28.3 Å². The Balaban J connectivity index is 1.97. The number of aromatic carboxylic acids is 1. The lowest BCUT2D eigenvalue weighted by molar-refractivity contribution is -0.142. The second-order valence-electron chi connectivity index (χ2n) is 6.46. The molecule has 2 aromatic carbocycles. The third-order valence-corrected chi connectivity index (χ3v) is 4.98. The maximum absolute atomic E-state index is 14.0. The van der Waals surface area contributed by atoms with Gasteiger partial charge in [0.2, 0.25) is 0 Å². The highest BCUT2D eigenvalue weighted by Crippen LogP contribution is 2.42. The molecule has 0 amide bonds. The van der Waals surface area contributed by atoms with Crippen LogP contribution in [0.5, 0.6) is 0 Å². The van der Waals surface area contributed by atoms with Gasteiger partial charge in [0.25, 0.3) is 0 Å². The summed E-state index contributed by atoms with van der Waals surface area (Å²) in [5.74, 6) is -3.07. The highest BCUT2D eigenvalue weighted by atomic mass is 35.5. The molecule has 1 N–H and O–H groups in total. The quantitative estimate of drug-likeness (QED) is 0.340. The van der Waals surface area contributed by atoms with E-state index < -0.39 is 40.5 Å². The second kappa shape index (κ2) is 7.95. The zero-order valence-corrected chi connectivity index (χ0v) is 17.0. The number of halogens is 6. The Labute approximate surface area is 186 Å². The number of hydrogen-bond donors (Lipinski definition) is 1. The summed E-state index contributed by atoms with van der Waals surface area (Å²) in [6, 6.07) is 8.43. The lowest BCUT2D eigenvalue weighted by Gasteiger charge is -2.12. The van der Waals surface area contributed by atoms with E-state index in [2.05, 4.69) is 10.3 Å². The molecule has 0 saturated carbocycles. The van der Waals surface area contributed by atoms with E-state index in [4.69, 9.17) is 27.7 Å². The molecule has 0 bridgehead atoms. The van der Waals surface area contributed by atoms with Gasteiger partial charge in [-0.05, 0) is 36.4 Å². The second-order valence-corrected chi connectivity index (χ2v) is 7.30. The summed E-state index contributed by atoms with van der Waals surface area (Å²) in [5.41, 5.74) is -3.13. The average molecular weight is 486 g/mol. The third kappa shape index (κ3) is 3.82. The number of hydrogen-bond acceptors (Lipinski definition) is 4. The Bertz CT molecular complexity index is 1350. The first-order chi connectivity index (χ1) is 15.1. The van der Waals surface area contributed by atoms with Crippen LogP contribution in [-0.2, 0) is 6.18 Å². The van der Waals surface area contributed by atoms with Crippen molar-refractivity contribution >= 4 is 29.2 Å². The lowest BCUT2D eigenvalue weighted by atomic mass is 10.0. The molecular formula is C20H9Cl2F4N3O3. The number of aromatic nitrogens is 3. The minimum atomic E-state index is -5.00. The van der Waals surface area contributed by atoms with Crippen molar-refractivity contribution in [1.29, 1.82) is 0 Å². The predicted octanol–water partition coefficient (Wildman–Crippen LogP) is 6.36. The van der Waals surface area contributed by atoms with Crippen molar-refractivity contribution in [1.82, 2.24) is 14.9 Å². The molecule has 0 saturated heterocycles. The van der Waals surface area contributed by atoms with Crippen molar-refractivity contribution in [3.63, 3.8) is 0 Å². The minimum absolute atomic E-state index is 0.0198. The Hall–Kier alpha value is -3.37. The molecule has 2 heterocycles. The molecule has 0 aliphatic heterocycles. The SMILES string of the molecule is O=C(O)c1c(-c2ccc(Cl)cc2Cl)noc1-c1cnn(-c2cccc(F)c2)c1C(F)(F)F. The maximum Gasteiger partial charge on any atom is 0.434 e. The molecule has 2 aromatic heterocycles. The molecule has 4 rings (SSSR count). The smallest absolute Gasteiger partial charge is 0.434 e. The zero-order chi connectivity index (χ0) is 23.2. The molecule has 0 aliphatic rings.